The number of nitriles is 1. The summed E-state index contributed by atoms with van der Waals surface area (Å²) in [5.74, 6) is 0. The molecule has 0 amide bonds. The van der Waals surface area contributed by atoms with Gasteiger partial charge < -0.3 is 0 Å². The van der Waals surface area contributed by atoms with Gasteiger partial charge in [0.15, 0.2) is 0 Å². The average Bonchev–Trinajstić information content (AvgIpc) is 3.37. The fraction of sp³-hybridized carbons (Fsp3) is 0.0455. The number of aryl methyl sites for hydroxylation is 1. The molecule has 0 saturated carbocycles. The highest BCUT2D eigenvalue weighted by molar-refractivity contribution is 7.11. The van der Waals surface area contributed by atoms with E-state index < -0.39 is 0 Å². The van der Waals surface area contributed by atoms with Crippen LogP contribution in [0.25, 0.3) is 28.6 Å². The minimum absolute atomic E-state index is 0.533. The second-order valence-corrected chi connectivity index (χ2v) is 6.99. The van der Waals surface area contributed by atoms with Crippen molar-refractivity contribution in [1.29, 1.82) is 5.26 Å². The van der Waals surface area contributed by atoms with E-state index in [-0.39, 0.29) is 0 Å². The van der Waals surface area contributed by atoms with Gasteiger partial charge in [-0.15, -0.1) is 11.3 Å². The van der Waals surface area contributed by atoms with Crippen molar-refractivity contribution in [3.8, 4) is 23.0 Å². The molecule has 0 bridgehead atoms. The second-order valence-electron chi connectivity index (χ2n) is 6.13. The lowest BCUT2D eigenvalue weighted by atomic mass is 10.1. The molecule has 0 atom stereocenters. The Kier molecular flexibility index (Phi) is 4.65. The third-order valence-electron chi connectivity index (χ3n) is 4.14. The first-order valence-electron chi connectivity index (χ1n) is 8.48. The zero-order valence-corrected chi connectivity index (χ0v) is 15.5. The topological polar surface area (TPSA) is 54.5 Å². The Morgan fingerprint density at radius 1 is 1.11 bits per heavy atom. The Morgan fingerprint density at radius 3 is 2.63 bits per heavy atom. The van der Waals surface area contributed by atoms with Crippen molar-refractivity contribution >= 4 is 23.0 Å². The lowest BCUT2D eigenvalue weighted by molar-refractivity contribution is 0.880. The van der Waals surface area contributed by atoms with E-state index in [2.05, 4.69) is 35.2 Å². The number of allylic oxidation sites excluding steroid dienone is 1. The molecular weight excluding hydrogens is 352 g/mol. The van der Waals surface area contributed by atoms with Crippen LogP contribution in [0.2, 0.25) is 0 Å². The molecule has 2 heterocycles. The normalized spacial score (nSPS) is 11.3. The number of thiazole rings is 1. The van der Waals surface area contributed by atoms with Crippen LogP contribution in [0.4, 0.5) is 0 Å². The van der Waals surface area contributed by atoms with E-state index in [0.29, 0.717) is 10.6 Å². The SMILES string of the molecule is Cc1ccc(-c2csc(/C(C#N)=C/c3cnn(-c4ccccc4)c3)n2)cc1. The summed E-state index contributed by atoms with van der Waals surface area (Å²) in [5.41, 5.74) is 5.52. The molecule has 4 rings (SSSR count). The van der Waals surface area contributed by atoms with E-state index in [9.17, 15) is 5.26 Å². The largest absolute Gasteiger partial charge is 0.240 e. The van der Waals surface area contributed by atoms with Crippen molar-refractivity contribution in [2.24, 2.45) is 0 Å². The smallest absolute Gasteiger partial charge is 0.134 e. The minimum Gasteiger partial charge on any atom is -0.240 e. The quantitative estimate of drug-likeness (QED) is 0.455. The molecular formula is C22H16N4S. The number of hydrogen-bond acceptors (Lipinski definition) is 4. The van der Waals surface area contributed by atoms with E-state index in [1.54, 1.807) is 10.9 Å². The fourth-order valence-electron chi connectivity index (χ4n) is 2.70. The van der Waals surface area contributed by atoms with Crippen LogP contribution < -0.4 is 0 Å². The van der Waals surface area contributed by atoms with Crippen LogP contribution >= 0.6 is 11.3 Å². The molecule has 4 aromatic rings. The molecule has 4 nitrogen and oxygen atoms in total. The summed E-state index contributed by atoms with van der Waals surface area (Å²) in [6.45, 7) is 2.06. The van der Waals surface area contributed by atoms with Crippen molar-refractivity contribution in [3.63, 3.8) is 0 Å². The van der Waals surface area contributed by atoms with E-state index in [4.69, 9.17) is 0 Å². The zero-order chi connectivity index (χ0) is 18.6. The number of benzene rings is 2. The summed E-state index contributed by atoms with van der Waals surface area (Å²) in [6.07, 6.45) is 5.48. The molecule has 0 saturated heterocycles. The van der Waals surface area contributed by atoms with E-state index in [1.807, 2.05) is 60.1 Å². The van der Waals surface area contributed by atoms with Crippen LogP contribution in [0.5, 0.6) is 0 Å². The Hall–Kier alpha value is -3.49. The molecule has 2 aromatic heterocycles. The Morgan fingerprint density at radius 2 is 1.89 bits per heavy atom. The first-order chi connectivity index (χ1) is 13.2. The van der Waals surface area contributed by atoms with E-state index in [0.717, 1.165) is 22.5 Å². The van der Waals surface area contributed by atoms with E-state index >= 15 is 0 Å². The van der Waals surface area contributed by atoms with Crippen LogP contribution in [0.15, 0.2) is 72.4 Å². The lowest BCUT2D eigenvalue weighted by Gasteiger charge is -1.98. The summed E-state index contributed by atoms with van der Waals surface area (Å²) >= 11 is 1.47. The van der Waals surface area contributed by atoms with Gasteiger partial charge >= 0.3 is 0 Å². The van der Waals surface area contributed by atoms with Crippen molar-refractivity contribution in [2.75, 3.05) is 0 Å². The predicted molar refractivity (Wildman–Crippen MR) is 109 cm³/mol. The van der Waals surface area contributed by atoms with Crippen molar-refractivity contribution < 1.29 is 0 Å². The highest BCUT2D eigenvalue weighted by atomic mass is 32.1. The fourth-order valence-corrected chi connectivity index (χ4v) is 3.49. The molecule has 0 aliphatic rings. The second kappa shape index (κ2) is 7.40. The zero-order valence-electron chi connectivity index (χ0n) is 14.7. The lowest BCUT2D eigenvalue weighted by Crippen LogP contribution is -1.92. The highest BCUT2D eigenvalue weighted by Gasteiger charge is 2.10. The van der Waals surface area contributed by atoms with Gasteiger partial charge in [0, 0.05) is 22.7 Å². The number of nitrogens with zero attached hydrogens (tertiary/aromatic N) is 4. The Labute approximate surface area is 161 Å². The summed E-state index contributed by atoms with van der Waals surface area (Å²) in [6, 6.07) is 20.4. The molecule has 0 aliphatic carbocycles. The first kappa shape index (κ1) is 17.0. The van der Waals surface area contributed by atoms with Gasteiger partial charge in [-0.25, -0.2) is 9.67 Å². The number of hydrogen-bond donors (Lipinski definition) is 0. The molecule has 2 aromatic carbocycles. The first-order valence-corrected chi connectivity index (χ1v) is 9.36. The van der Waals surface area contributed by atoms with Crippen LogP contribution in [-0.2, 0) is 0 Å². The Balaban J connectivity index is 1.62. The predicted octanol–water partition coefficient (Wildman–Crippen LogP) is 5.37. The molecule has 27 heavy (non-hydrogen) atoms. The summed E-state index contributed by atoms with van der Waals surface area (Å²) in [4.78, 5) is 4.64. The molecule has 130 valence electrons. The molecule has 0 aliphatic heterocycles. The van der Waals surface area contributed by atoms with Gasteiger partial charge in [0.2, 0.25) is 0 Å². The third kappa shape index (κ3) is 3.71. The van der Waals surface area contributed by atoms with Gasteiger partial charge in [0.05, 0.1) is 23.2 Å². The van der Waals surface area contributed by atoms with Crippen molar-refractivity contribution in [1.82, 2.24) is 14.8 Å². The molecule has 0 spiro atoms. The van der Waals surface area contributed by atoms with Gasteiger partial charge in [-0.1, -0.05) is 48.0 Å². The number of para-hydroxylation sites is 1. The maximum absolute atomic E-state index is 9.60. The summed E-state index contributed by atoms with van der Waals surface area (Å²) < 4.78 is 1.79. The molecule has 0 unspecified atom stereocenters. The van der Waals surface area contributed by atoms with Gasteiger partial charge in [0.25, 0.3) is 0 Å². The highest BCUT2D eigenvalue weighted by Crippen LogP contribution is 2.27. The average molecular weight is 368 g/mol. The monoisotopic (exact) mass is 368 g/mol. The molecule has 5 heteroatoms. The van der Waals surface area contributed by atoms with Crippen molar-refractivity contribution in [3.05, 3.63) is 88.5 Å². The maximum atomic E-state index is 9.60. The number of aromatic nitrogens is 3. The van der Waals surface area contributed by atoms with Gasteiger partial charge in [-0.05, 0) is 25.1 Å². The van der Waals surface area contributed by atoms with Crippen molar-refractivity contribution in [2.45, 2.75) is 6.92 Å². The summed E-state index contributed by atoms with van der Waals surface area (Å²) in [7, 11) is 0. The summed E-state index contributed by atoms with van der Waals surface area (Å²) in [5, 5.41) is 16.7. The van der Waals surface area contributed by atoms with Crippen LogP contribution in [0.3, 0.4) is 0 Å². The van der Waals surface area contributed by atoms with E-state index in [1.165, 1.54) is 16.9 Å². The van der Waals surface area contributed by atoms with Crippen LogP contribution in [0, 0.1) is 18.3 Å². The maximum Gasteiger partial charge on any atom is 0.134 e. The molecule has 0 N–H and O–H groups in total. The third-order valence-corrected chi connectivity index (χ3v) is 5.01. The van der Waals surface area contributed by atoms with Gasteiger partial charge in [0.1, 0.15) is 11.1 Å². The Bertz CT molecular complexity index is 1130. The van der Waals surface area contributed by atoms with Gasteiger partial charge in [-0.2, -0.15) is 10.4 Å². The number of rotatable bonds is 4. The molecule has 0 fully saturated rings. The van der Waals surface area contributed by atoms with Crippen LogP contribution in [0.1, 0.15) is 16.1 Å². The minimum atomic E-state index is 0.533. The standard InChI is InChI=1S/C22H16N4S/c1-16-7-9-18(10-8-16)21-15-27-22(25-21)19(12-23)11-17-13-24-26(14-17)20-5-3-2-4-6-20/h2-11,13-15H,1H3/b19-11+. The molecule has 0 radical (unpaired) electrons. The van der Waals surface area contributed by atoms with Gasteiger partial charge in [-0.3, -0.25) is 0 Å². The van der Waals surface area contributed by atoms with Crippen LogP contribution in [-0.4, -0.2) is 14.8 Å².